The molecule has 3 aromatic rings. The summed E-state index contributed by atoms with van der Waals surface area (Å²) < 4.78 is 45.6. The normalized spacial score (nSPS) is 13.4. The molecule has 0 radical (unpaired) electrons. The molecule has 0 atom stereocenters. The Bertz CT molecular complexity index is 1460. The third-order valence-electron chi connectivity index (χ3n) is 6.20. The average Bonchev–Trinajstić information content (AvgIpc) is 3.47. The van der Waals surface area contributed by atoms with Crippen LogP contribution in [0.3, 0.4) is 0 Å². The summed E-state index contributed by atoms with van der Waals surface area (Å²) in [6, 6.07) is 14.9. The van der Waals surface area contributed by atoms with E-state index in [2.05, 4.69) is 10.0 Å². The van der Waals surface area contributed by atoms with E-state index < -0.39 is 15.9 Å². The average molecular weight is 572 g/mol. The van der Waals surface area contributed by atoms with Gasteiger partial charge in [0.2, 0.25) is 11.7 Å². The van der Waals surface area contributed by atoms with Crippen molar-refractivity contribution < 1.29 is 27.4 Å². The molecule has 1 amide bonds. The summed E-state index contributed by atoms with van der Waals surface area (Å²) in [4.78, 5) is 14.9. The van der Waals surface area contributed by atoms with Crippen molar-refractivity contribution in [3.05, 3.63) is 71.3 Å². The molecule has 11 heteroatoms. The van der Waals surface area contributed by atoms with Gasteiger partial charge < -0.3 is 24.4 Å². The van der Waals surface area contributed by atoms with Crippen molar-refractivity contribution in [1.29, 1.82) is 0 Å². The molecule has 39 heavy (non-hydrogen) atoms. The molecule has 1 fully saturated rings. The molecule has 3 aromatic carbocycles. The third kappa shape index (κ3) is 6.58. The molecule has 1 aliphatic rings. The smallest absolute Gasteiger partial charge is 0.264 e. The molecule has 1 aliphatic heterocycles. The predicted octanol–water partition coefficient (Wildman–Crippen LogP) is 5.42. The molecular weight excluding hydrogens is 542 g/mol. The van der Waals surface area contributed by atoms with Gasteiger partial charge in [0.1, 0.15) is 4.90 Å². The van der Waals surface area contributed by atoms with Gasteiger partial charge in [-0.2, -0.15) is 0 Å². The molecule has 4 rings (SSSR count). The quantitative estimate of drug-likeness (QED) is 0.313. The van der Waals surface area contributed by atoms with Crippen LogP contribution in [0.1, 0.15) is 18.4 Å². The standard InChI is InChI=1S/C28H30ClN3O6S/c1-36-24-16-19(17-25(37-2)28(24)38-3)10-13-27(33)30-20-11-12-23(32-14-6-7-15-32)26(18-20)39(34,35)31-22-9-5-4-8-21(22)29/h4-5,8-13,16-18,31H,6-7,14-15H2,1-3H3,(H,30,33). The maximum absolute atomic E-state index is 13.5. The summed E-state index contributed by atoms with van der Waals surface area (Å²) >= 11 is 6.20. The Balaban J connectivity index is 1.60. The van der Waals surface area contributed by atoms with Crippen LogP contribution in [0, 0.1) is 0 Å². The molecule has 2 N–H and O–H groups in total. The van der Waals surface area contributed by atoms with E-state index in [9.17, 15) is 13.2 Å². The number of rotatable bonds is 10. The Morgan fingerprint density at radius 3 is 2.23 bits per heavy atom. The number of methoxy groups -OCH3 is 3. The lowest BCUT2D eigenvalue weighted by Crippen LogP contribution is -2.23. The summed E-state index contributed by atoms with van der Waals surface area (Å²) in [5, 5.41) is 3.03. The zero-order valence-corrected chi connectivity index (χ0v) is 23.4. The molecule has 9 nitrogen and oxygen atoms in total. The molecule has 0 spiro atoms. The van der Waals surface area contributed by atoms with Crippen molar-refractivity contribution in [2.75, 3.05) is 49.4 Å². The Hall–Kier alpha value is -3.89. The lowest BCUT2D eigenvalue weighted by molar-refractivity contribution is -0.111. The van der Waals surface area contributed by atoms with E-state index in [4.69, 9.17) is 25.8 Å². The van der Waals surface area contributed by atoms with Crippen LogP contribution in [0.2, 0.25) is 5.02 Å². The second-order valence-corrected chi connectivity index (χ2v) is 10.8. The van der Waals surface area contributed by atoms with E-state index >= 15 is 0 Å². The fraction of sp³-hybridized carbons (Fsp3) is 0.250. The minimum absolute atomic E-state index is 0.0516. The highest BCUT2D eigenvalue weighted by Gasteiger charge is 2.25. The van der Waals surface area contributed by atoms with Crippen LogP contribution < -0.4 is 29.1 Å². The van der Waals surface area contributed by atoms with Gasteiger partial charge in [-0.1, -0.05) is 23.7 Å². The molecule has 0 unspecified atom stereocenters. The van der Waals surface area contributed by atoms with Gasteiger partial charge in [0.25, 0.3) is 10.0 Å². The number of benzene rings is 3. The van der Waals surface area contributed by atoms with Gasteiger partial charge in [0, 0.05) is 24.9 Å². The Morgan fingerprint density at radius 1 is 0.949 bits per heavy atom. The van der Waals surface area contributed by atoms with Crippen molar-refractivity contribution in [1.82, 2.24) is 0 Å². The number of anilines is 3. The fourth-order valence-electron chi connectivity index (χ4n) is 4.32. The highest BCUT2D eigenvalue weighted by molar-refractivity contribution is 7.93. The minimum atomic E-state index is -4.02. The van der Waals surface area contributed by atoms with Crippen molar-refractivity contribution >= 4 is 50.7 Å². The number of hydrogen-bond acceptors (Lipinski definition) is 7. The molecule has 0 aliphatic carbocycles. The number of halogens is 1. The van der Waals surface area contributed by atoms with Crippen LogP contribution in [-0.4, -0.2) is 48.7 Å². The first kappa shape index (κ1) is 28.1. The fourth-order valence-corrected chi connectivity index (χ4v) is 5.89. The first-order chi connectivity index (χ1) is 18.7. The van der Waals surface area contributed by atoms with Crippen LogP contribution in [0.25, 0.3) is 6.08 Å². The van der Waals surface area contributed by atoms with Crippen LogP contribution >= 0.6 is 11.6 Å². The van der Waals surface area contributed by atoms with Gasteiger partial charge in [0.05, 0.1) is 37.7 Å². The second kappa shape index (κ2) is 12.3. The predicted molar refractivity (Wildman–Crippen MR) is 154 cm³/mol. The van der Waals surface area contributed by atoms with Crippen molar-refractivity contribution in [2.45, 2.75) is 17.7 Å². The van der Waals surface area contributed by atoms with Gasteiger partial charge >= 0.3 is 0 Å². The SMILES string of the molecule is COc1cc(C=CC(=O)Nc2ccc(N3CCCC3)c(S(=O)(=O)Nc3ccccc3Cl)c2)cc(OC)c1OC. The van der Waals surface area contributed by atoms with Crippen molar-refractivity contribution in [2.24, 2.45) is 0 Å². The number of amides is 1. The first-order valence-electron chi connectivity index (χ1n) is 12.2. The zero-order valence-electron chi connectivity index (χ0n) is 21.9. The maximum Gasteiger partial charge on any atom is 0.264 e. The van der Waals surface area contributed by atoms with E-state index in [1.807, 2.05) is 4.90 Å². The molecule has 0 bridgehead atoms. The van der Waals surface area contributed by atoms with Gasteiger partial charge in [-0.05, 0) is 66.9 Å². The number of nitrogens with one attached hydrogen (secondary N) is 2. The Morgan fingerprint density at radius 2 is 1.62 bits per heavy atom. The lowest BCUT2D eigenvalue weighted by atomic mass is 10.1. The van der Waals surface area contributed by atoms with Gasteiger partial charge in [-0.15, -0.1) is 0 Å². The molecule has 1 saturated heterocycles. The van der Waals surface area contributed by atoms with Crippen LogP contribution in [0.4, 0.5) is 17.1 Å². The Kier molecular flexibility index (Phi) is 8.88. The third-order valence-corrected chi connectivity index (χ3v) is 7.92. The maximum atomic E-state index is 13.5. The summed E-state index contributed by atoms with van der Waals surface area (Å²) in [5.74, 6) is 0.907. The van der Waals surface area contributed by atoms with Gasteiger partial charge in [-0.3, -0.25) is 9.52 Å². The molecule has 1 heterocycles. The molecule has 0 saturated carbocycles. The van der Waals surface area contributed by atoms with E-state index in [0.29, 0.717) is 34.2 Å². The number of carbonyl (C=O) groups excluding carboxylic acids is 1. The summed E-state index contributed by atoms with van der Waals surface area (Å²) in [7, 11) is 0.505. The van der Waals surface area contributed by atoms with E-state index in [0.717, 1.165) is 25.9 Å². The molecule has 206 valence electrons. The second-order valence-electron chi connectivity index (χ2n) is 8.74. The minimum Gasteiger partial charge on any atom is -0.493 e. The van der Waals surface area contributed by atoms with Crippen LogP contribution in [0.5, 0.6) is 17.2 Å². The largest absolute Gasteiger partial charge is 0.493 e. The Labute approximate surface area is 233 Å². The van der Waals surface area contributed by atoms with Gasteiger partial charge in [-0.25, -0.2) is 8.42 Å². The van der Waals surface area contributed by atoms with E-state index in [1.165, 1.54) is 33.5 Å². The molecular formula is C28H30ClN3O6S. The van der Waals surface area contributed by atoms with Crippen molar-refractivity contribution in [3.8, 4) is 17.2 Å². The van der Waals surface area contributed by atoms with Crippen LogP contribution in [0.15, 0.2) is 65.6 Å². The topological polar surface area (TPSA) is 106 Å². The number of ether oxygens (including phenoxy) is 3. The van der Waals surface area contributed by atoms with E-state index in [1.54, 1.807) is 54.6 Å². The lowest BCUT2D eigenvalue weighted by Gasteiger charge is -2.22. The summed E-state index contributed by atoms with van der Waals surface area (Å²) in [5.41, 5.74) is 1.82. The van der Waals surface area contributed by atoms with Crippen LogP contribution in [-0.2, 0) is 14.8 Å². The monoisotopic (exact) mass is 571 g/mol. The number of nitrogens with zero attached hydrogens (tertiary/aromatic N) is 1. The summed E-state index contributed by atoms with van der Waals surface area (Å²) in [6.45, 7) is 1.50. The zero-order chi connectivity index (χ0) is 28.0. The van der Waals surface area contributed by atoms with Gasteiger partial charge in [0.15, 0.2) is 11.5 Å². The number of para-hydroxylation sites is 1. The number of hydrogen-bond donors (Lipinski definition) is 2. The highest BCUT2D eigenvalue weighted by atomic mass is 35.5. The van der Waals surface area contributed by atoms with Crippen molar-refractivity contribution in [3.63, 3.8) is 0 Å². The first-order valence-corrected chi connectivity index (χ1v) is 14.1. The molecule has 0 aromatic heterocycles. The number of sulfonamides is 1. The highest BCUT2D eigenvalue weighted by Crippen LogP contribution is 2.38. The van der Waals surface area contributed by atoms with E-state index in [-0.39, 0.29) is 15.6 Å². The summed E-state index contributed by atoms with van der Waals surface area (Å²) in [6.07, 6.45) is 4.88. The number of carbonyl (C=O) groups is 1.